The monoisotopic (exact) mass is 438 g/mol. The van der Waals surface area contributed by atoms with E-state index in [2.05, 4.69) is 4.74 Å². The van der Waals surface area contributed by atoms with E-state index in [1.807, 2.05) is 0 Å². The van der Waals surface area contributed by atoms with Crippen molar-refractivity contribution in [3.8, 4) is 5.75 Å². The van der Waals surface area contributed by atoms with Crippen LogP contribution in [0.15, 0.2) is 24.3 Å². The SMILES string of the molecule is FC(F)(F)C(F)(F)C(F)(F)C(F)(F)Oc1ccccc1I. The van der Waals surface area contributed by atoms with Crippen molar-refractivity contribution in [2.75, 3.05) is 0 Å². The third-order valence-electron chi connectivity index (χ3n) is 2.19. The van der Waals surface area contributed by atoms with Gasteiger partial charge in [0.15, 0.2) is 0 Å². The molecule has 0 radical (unpaired) electrons. The summed E-state index contributed by atoms with van der Waals surface area (Å²) in [6.07, 6.45) is -12.9. The van der Waals surface area contributed by atoms with Crippen LogP contribution in [0.3, 0.4) is 0 Å². The molecule has 1 aromatic carbocycles. The van der Waals surface area contributed by atoms with Crippen molar-refractivity contribution in [2.24, 2.45) is 0 Å². The Morgan fingerprint density at radius 3 is 1.67 bits per heavy atom. The lowest BCUT2D eigenvalue weighted by Gasteiger charge is -2.33. The van der Waals surface area contributed by atoms with Gasteiger partial charge in [0.05, 0.1) is 3.57 Å². The predicted octanol–water partition coefficient (Wildman–Crippen LogP) is 5.10. The van der Waals surface area contributed by atoms with Crippen LogP contribution in [0.25, 0.3) is 0 Å². The number of halogens is 10. The smallest absolute Gasteiger partial charge is 0.427 e. The Morgan fingerprint density at radius 2 is 1.24 bits per heavy atom. The number of para-hydroxylation sites is 1. The molecular weight excluding hydrogens is 434 g/mol. The fraction of sp³-hybridized carbons (Fsp3) is 0.400. The number of hydrogen-bond donors (Lipinski definition) is 0. The van der Waals surface area contributed by atoms with Gasteiger partial charge in [-0.15, -0.1) is 0 Å². The molecule has 0 saturated heterocycles. The minimum Gasteiger partial charge on any atom is -0.427 e. The third kappa shape index (κ3) is 3.16. The number of hydrogen-bond acceptors (Lipinski definition) is 1. The van der Waals surface area contributed by atoms with Gasteiger partial charge in [-0.2, -0.15) is 39.5 Å². The van der Waals surface area contributed by atoms with E-state index >= 15 is 0 Å². The van der Waals surface area contributed by atoms with Crippen LogP contribution >= 0.6 is 22.6 Å². The largest absolute Gasteiger partial charge is 0.471 e. The van der Waals surface area contributed by atoms with Gasteiger partial charge in [-0.1, -0.05) is 12.1 Å². The Bertz CT molecular complexity index is 511. The molecule has 0 spiro atoms. The molecular formula is C10H4F9IO. The molecule has 0 aliphatic carbocycles. The molecule has 0 unspecified atom stereocenters. The lowest BCUT2D eigenvalue weighted by molar-refractivity contribution is -0.428. The molecule has 0 saturated carbocycles. The van der Waals surface area contributed by atoms with Crippen molar-refractivity contribution < 1.29 is 44.3 Å². The van der Waals surface area contributed by atoms with Crippen molar-refractivity contribution in [2.45, 2.75) is 24.1 Å². The molecule has 120 valence electrons. The van der Waals surface area contributed by atoms with Gasteiger partial charge in [-0.05, 0) is 34.7 Å². The molecule has 1 aromatic rings. The van der Waals surface area contributed by atoms with Crippen LogP contribution in [0.2, 0.25) is 0 Å². The van der Waals surface area contributed by atoms with Crippen LogP contribution in [-0.2, 0) is 0 Å². The van der Waals surface area contributed by atoms with Gasteiger partial charge in [0.1, 0.15) is 5.75 Å². The van der Waals surface area contributed by atoms with Crippen LogP contribution in [0.5, 0.6) is 5.75 Å². The fourth-order valence-electron chi connectivity index (χ4n) is 1.09. The van der Waals surface area contributed by atoms with Crippen LogP contribution in [0, 0.1) is 3.57 Å². The standard InChI is InChI=1S/C10H4F9IO/c11-7(12,9(15,16)17)8(13,14)10(18,19)21-6-4-2-1-3-5(6)20/h1-4H. The summed E-state index contributed by atoms with van der Waals surface area (Å²) in [5.41, 5.74) is 0. The second-order valence-electron chi connectivity index (χ2n) is 3.70. The van der Waals surface area contributed by atoms with E-state index in [-0.39, 0.29) is 3.57 Å². The summed E-state index contributed by atoms with van der Waals surface area (Å²) in [6, 6.07) is 4.16. The zero-order valence-electron chi connectivity index (χ0n) is 9.50. The highest BCUT2D eigenvalue weighted by Crippen LogP contribution is 2.53. The Labute approximate surface area is 125 Å². The second kappa shape index (κ2) is 5.39. The minimum absolute atomic E-state index is 0.180. The summed E-state index contributed by atoms with van der Waals surface area (Å²) in [4.78, 5) is 0. The molecule has 21 heavy (non-hydrogen) atoms. The van der Waals surface area contributed by atoms with E-state index in [0.717, 1.165) is 18.2 Å². The van der Waals surface area contributed by atoms with E-state index in [1.54, 1.807) is 0 Å². The Morgan fingerprint density at radius 1 is 0.762 bits per heavy atom. The molecule has 1 rings (SSSR count). The fourth-order valence-corrected chi connectivity index (χ4v) is 1.59. The number of rotatable bonds is 4. The van der Waals surface area contributed by atoms with E-state index in [0.29, 0.717) is 0 Å². The quantitative estimate of drug-likeness (QED) is 0.470. The van der Waals surface area contributed by atoms with Crippen LogP contribution in [0.4, 0.5) is 39.5 Å². The highest BCUT2D eigenvalue weighted by atomic mass is 127. The summed E-state index contributed by atoms with van der Waals surface area (Å²) in [5.74, 6) is -14.7. The lowest BCUT2D eigenvalue weighted by Crippen LogP contribution is -2.62. The van der Waals surface area contributed by atoms with Gasteiger partial charge in [-0.3, -0.25) is 0 Å². The van der Waals surface area contributed by atoms with E-state index in [9.17, 15) is 39.5 Å². The Kier molecular flexibility index (Phi) is 4.67. The summed E-state index contributed by atoms with van der Waals surface area (Å²) in [5, 5.41) is 0. The lowest BCUT2D eigenvalue weighted by atomic mass is 10.1. The topological polar surface area (TPSA) is 9.23 Å². The molecule has 11 heteroatoms. The first-order valence-corrected chi connectivity index (χ1v) is 5.95. The maximum absolute atomic E-state index is 13.1. The first-order chi connectivity index (χ1) is 9.24. The molecule has 0 atom stereocenters. The van der Waals surface area contributed by atoms with Gasteiger partial charge in [0.2, 0.25) is 0 Å². The van der Waals surface area contributed by atoms with Crippen molar-refractivity contribution in [1.29, 1.82) is 0 Å². The average molecular weight is 438 g/mol. The normalized spacial score (nSPS) is 14.2. The minimum atomic E-state index is -6.97. The zero-order valence-corrected chi connectivity index (χ0v) is 11.7. The summed E-state index contributed by atoms with van der Waals surface area (Å²) in [7, 11) is 0. The molecule has 0 heterocycles. The first kappa shape index (κ1) is 18.2. The number of ether oxygens (including phenoxy) is 1. The second-order valence-corrected chi connectivity index (χ2v) is 4.86. The van der Waals surface area contributed by atoms with Gasteiger partial charge >= 0.3 is 24.1 Å². The zero-order chi connectivity index (χ0) is 16.7. The molecule has 0 N–H and O–H groups in total. The van der Waals surface area contributed by atoms with Crippen LogP contribution < -0.4 is 4.74 Å². The van der Waals surface area contributed by atoms with Gasteiger partial charge < -0.3 is 4.74 Å². The highest BCUT2D eigenvalue weighted by molar-refractivity contribution is 14.1. The predicted molar refractivity (Wildman–Crippen MR) is 60.7 cm³/mol. The summed E-state index contributed by atoms with van der Waals surface area (Å²) >= 11 is 1.35. The molecule has 0 fully saturated rings. The van der Waals surface area contributed by atoms with E-state index in [1.165, 1.54) is 28.7 Å². The Hall–Kier alpha value is -0.880. The summed E-state index contributed by atoms with van der Waals surface area (Å²) < 4.78 is 116. The molecule has 1 nitrogen and oxygen atoms in total. The highest BCUT2D eigenvalue weighted by Gasteiger charge is 2.83. The van der Waals surface area contributed by atoms with Crippen molar-refractivity contribution in [1.82, 2.24) is 0 Å². The number of alkyl halides is 9. The maximum Gasteiger partial charge on any atom is 0.471 e. The molecule has 0 bridgehead atoms. The average Bonchev–Trinajstić information content (AvgIpc) is 2.30. The molecule has 0 aromatic heterocycles. The van der Waals surface area contributed by atoms with Crippen molar-refractivity contribution in [3.63, 3.8) is 0 Å². The van der Waals surface area contributed by atoms with Gasteiger partial charge in [-0.25, -0.2) is 0 Å². The van der Waals surface area contributed by atoms with Crippen LogP contribution in [0.1, 0.15) is 0 Å². The summed E-state index contributed by atoms with van der Waals surface area (Å²) in [6.45, 7) is 0. The van der Waals surface area contributed by atoms with Crippen molar-refractivity contribution in [3.05, 3.63) is 27.8 Å². The van der Waals surface area contributed by atoms with Gasteiger partial charge in [0.25, 0.3) is 0 Å². The van der Waals surface area contributed by atoms with Crippen molar-refractivity contribution >= 4 is 22.6 Å². The van der Waals surface area contributed by atoms with E-state index < -0.39 is 29.9 Å². The van der Waals surface area contributed by atoms with Crippen LogP contribution in [-0.4, -0.2) is 24.1 Å². The first-order valence-electron chi connectivity index (χ1n) is 4.88. The van der Waals surface area contributed by atoms with E-state index in [4.69, 9.17) is 0 Å². The Balaban J connectivity index is 3.20. The molecule has 0 aliphatic rings. The third-order valence-corrected chi connectivity index (χ3v) is 3.08. The number of benzene rings is 1. The van der Waals surface area contributed by atoms with Gasteiger partial charge in [0, 0.05) is 0 Å². The molecule has 0 aliphatic heterocycles. The maximum atomic E-state index is 13.1. The molecule has 0 amide bonds.